The van der Waals surface area contributed by atoms with E-state index in [1.54, 1.807) is 0 Å². The highest BCUT2D eigenvalue weighted by atomic mass is 14.1. The highest BCUT2D eigenvalue weighted by Crippen LogP contribution is 2.20. The van der Waals surface area contributed by atoms with Crippen molar-refractivity contribution in [2.45, 2.75) is 20.3 Å². The minimum absolute atomic E-state index is 0.675. The van der Waals surface area contributed by atoms with E-state index in [2.05, 4.69) is 45.2 Å². The highest BCUT2D eigenvalue weighted by molar-refractivity contribution is 5.66. The molecule has 0 heteroatoms. The monoisotopic (exact) mass is 186 g/mol. The van der Waals surface area contributed by atoms with Crippen molar-refractivity contribution in [1.29, 1.82) is 0 Å². The maximum absolute atomic E-state index is 3.86. The van der Waals surface area contributed by atoms with Crippen LogP contribution >= 0.6 is 0 Å². The molecule has 0 saturated heterocycles. The molecule has 0 aromatic heterocycles. The normalized spacial score (nSPS) is 10.2. The first-order chi connectivity index (χ1) is 6.69. The molecule has 0 aliphatic heterocycles. The fourth-order valence-electron chi connectivity index (χ4n) is 1.68. The second kappa shape index (κ2) is 4.80. The fourth-order valence-corrected chi connectivity index (χ4v) is 1.68. The summed E-state index contributed by atoms with van der Waals surface area (Å²) >= 11 is 0. The minimum Gasteiger partial charge on any atom is -0.0984 e. The molecule has 0 nitrogen and oxygen atoms in total. The minimum atomic E-state index is 0.675. The summed E-state index contributed by atoms with van der Waals surface area (Å²) in [6, 6.07) is 6.33. The van der Waals surface area contributed by atoms with Gasteiger partial charge in [-0.2, -0.15) is 0 Å². The highest BCUT2D eigenvalue weighted by Gasteiger charge is 2.04. The van der Waals surface area contributed by atoms with Gasteiger partial charge >= 0.3 is 0 Å². The van der Waals surface area contributed by atoms with E-state index in [4.69, 9.17) is 0 Å². The zero-order valence-corrected chi connectivity index (χ0v) is 9.09. The lowest BCUT2D eigenvalue weighted by Crippen LogP contribution is -1.98. The Morgan fingerprint density at radius 1 is 1.21 bits per heavy atom. The van der Waals surface area contributed by atoms with Crippen molar-refractivity contribution in [2.75, 3.05) is 0 Å². The molecule has 0 heterocycles. The lowest BCUT2D eigenvalue weighted by Gasteiger charge is -2.11. The van der Waals surface area contributed by atoms with Crippen LogP contribution in [-0.4, -0.2) is 0 Å². The summed E-state index contributed by atoms with van der Waals surface area (Å²) in [6.45, 7) is 12.1. The van der Waals surface area contributed by atoms with E-state index in [0.29, 0.717) is 5.92 Å². The molecule has 1 rings (SSSR count). The third-order valence-corrected chi connectivity index (χ3v) is 2.28. The van der Waals surface area contributed by atoms with Gasteiger partial charge in [-0.25, -0.2) is 0 Å². The van der Waals surface area contributed by atoms with Crippen molar-refractivity contribution >= 4 is 12.2 Å². The van der Waals surface area contributed by atoms with Crippen LogP contribution in [0.5, 0.6) is 0 Å². The summed E-state index contributed by atoms with van der Waals surface area (Å²) in [5.74, 6) is 0.675. The SMILES string of the molecule is C=Cc1cccc(CC(C)C)c1C=C. The van der Waals surface area contributed by atoms with Gasteiger partial charge in [0.15, 0.2) is 0 Å². The van der Waals surface area contributed by atoms with Gasteiger partial charge in [0.2, 0.25) is 0 Å². The fraction of sp³-hybridized carbons (Fsp3) is 0.286. The molecule has 0 radical (unpaired) electrons. The summed E-state index contributed by atoms with van der Waals surface area (Å²) in [6.07, 6.45) is 4.92. The third-order valence-electron chi connectivity index (χ3n) is 2.28. The first-order valence-corrected chi connectivity index (χ1v) is 5.05. The summed E-state index contributed by atoms with van der Waals surface area (Å²) < 4.78 is 0. The summed E-state index contributed by atoms with van der Waals surface area (Å²) in [7, 11) is 0. The Balaban J connectivity index is 3.14. The van der Waals surface area contributed by atoms with Crippen molar-refractivity contribution in [3.05, 3.63) is 48.0 Å². The summed E-state index contributed by atoms with van der Waals surface area (Å²) in [5, 5.41) is 0. The number of rotatable bonds is 4. The van der Waals surface area contributed by atoms with E-state index in [9.17, 15) is 0 Å². The lowest BCUT2D eigenvalue weighted by atomic mass is 9.94. The zero-order chi connectivity index (χ0) is 10.6. The molecule has 0 unspecified atom stereocenters. The van der Waals surface area contributed by atoms with E-state index in [0.717, 1.165) is 6.42 Å². The van der Waals surface area contributed by atoms with Gasteiger partial charge in [0, 0.05) is 0 Å². The summed E-state index contributed by atoms with van der Waals surface area (Å²) in [5.41, 5.74) is 3.78. The smallest absolute Gasteiger partial charge is 0.0158 e. The van der Waals surface area contributed by atoms with Gasteiger partial charge in [-0.3, -0.25) is 0 Å². The molecular formula is C14H18. The number of hydrogen-bond acceptors (Lipinski definition) is 0. The van der Waals surface area contributed by atoms with Gasteiger partial charge in [-0.15, -0.1) is 0 Å². The molecule has 0 amide bonds. The van der Waals surface area contributed by atoms with Crippen LogP contribution < -0.4 is 0 Å². The van der Waals surface area contributed by atoms with E-state index < -0.39 is 0 Å². The van der Waals surface area contributed by atoms with Gasteiger partial charge in [-0.05, 0) is 29.0 Å². The molecule has 0 aliphatic carbocycles. The van der Waals surface area contributed by atoms with Crippen molar-refractivity contribution in [1.82, 2.24) is 0 Å². The van der Waals surface area contributed by atoms with Crippen LogP contribution in [0.4, 0.5) is 0 Å². The predicted molar refractivity (Wildman–Crippen MR) is 65.2 cm³/mol. The van der Waals surface area contributed by atoms with Gasteiger partial charge in [0.05, 0.1) is 0 Å². The largest absolute Gasteiger partial charge is 0.0984 e. The molecule has 0 spiro atoms. The molecule has 0 saturated carbocycles. The maximum atomic E-state index is 3.86. The zero-order valence-electron chi connectivity index (χ0n) is 9.09. The predicted octanol–water partition coefficient (Wildman–Crippen LogP) is 4.17. The molecule has 1 aromatic rings. The van der Waals surface area contributed by atoms with Crippen molar-refractivity contribution in [3.8, 4) is 0 Å². The molecule has 0 N–H and O–H groups in total. The molecule has 0 aliphatic rings. The molecular weight excluding hydrogens is 168 g/mol. The average Bonchev–Trinajstić information content (AvgIpc) is 2.16. The van der Waals surface area contributed by atoms with Crippen LogP contribution in [0, 0.1) is 5.92 Å². The van der Waals surface area contributed by atoms with Crippen LogP contribution in [0.15, 0.2) is 31.4 Å². The van der Waals surface area contributed by atoms with Crippen LogP contribution in [0.25, 0.3) is 12.2 Å². The van der Waals surface area contributed by atoms with Gasteiger partial charge in [0.25, 0.3) is 0 Å². The van der Waals surface area contributed by atoms with E-state index in [1.807, 2.05) is 12.2 Å². The van der Waals surface area contributed by atoms with Crippen LogP contribution in [-0.2, 0) is 6.42 Å². The molecule has 14 heavy (non-hydrogen) atoms. The standard InChI is InChI=1S/C14H18/c1-5-12-8-7-9-13(10-11(3)4)14(12)6-2/h5-9,11H,1-2,10H2,3-4H3. The molecule has 1 aromatic carbocycles. The third kappa shape index (κ3) is 2.35. The molecule has 0 fully saturated rings. The van der Waals surface area contributed by atoms with Crippen molar-refractivity contribution < 1.29 is 0 Å². The Bertz CT molecular complexity index is 332. The Hall–Kier alpha value is -1.30. The Kier molecular flexibility index (Phi) is 3.70. The van der Waals surface area contributed by atoms with Crippen molar-refractivity contribution in [2.24, 2.45) is 5.92 Å². The van der Waals surface area contributed by atoms with Gasteiger partial charge < -0.3 is 0 Å². The Morgan fingerprint density at radius 2 is 1.93 bits per heavy atom. The average molecular weight is 186 g/mol. The maximum Gasteiger partial charge on any atom is -0.0158 e. The first-order valence-electron chi connectivity index (χ1n) is 5.05. The topological polar surface area (TPSA) is 0 Å². The van der Waals surface area contributed by atoms with Gasteiger partial charge in [-0.1, -0.05) is 57.4 Å². The Morgan fingerprint density at radius 3 is 2.43 bits per heavy atom. The molecule has 74 valence electrons. The number of hydrogen-bond donors (Lipinski definition) is 0. The Labute approximate surface area is 87.0 Å². The van der Waals surface area contributed by atoms with E-state index >= 15 is 0 Å². The van der Waals surface area contributed by atoms with E-state index in [1.165, 1.54) is 16.7 Å². The second-order valence-electron chi connectivity index (χ2n) is 3.93. The lowest BCUT2D eigenvalue weighted by molar-refractivity contribution is 0.646. The molecule has 0 atom stereocenters. The second-order valence-corrected chi connectivity index (χ2v) is 3.93. The number of benzene rings is 1. The van der Waals surface area contributed by atoms with Crippen LogP contribution in [0.1, 0.15) is 30.5 Å². The molecule has 0 bridgehead atoms. The van der Waals surface area contributed by atoms with Crippen LogP contribution in [0.3, 0.4) is 0 Å². The van der Waals surface area contributed by atoms with E-state index in [-0.39, 0.29) is 0 Å². The quantitative estimate of drug-likeness (QED) is 0.662. The van der Waals surface area contributed by atoms with Crippen LogP contribution in [0.2, 0.25) is 0 Å². The summed E-state index contributed by atoms with van der Waals surface area (Å²) in [4.78, 5) is 0. The van der Waals surface area contributed by atoms with Gasteiger partial charge in [0.1, 0.15) is 0 Å². The van der Waals surface area contributed by atoms with Crippen molar-refractivity contribution in [3.63, 3.8) is 0 Å². The first kappa shape index (κ1) is 10.8.